The molecule has 3 aromatic carbocycles. The maximum absolute atomic E-state index is 13.4. The predicted octanol–water partition coefficient (Wildman–Crippen LogP) is 5.66. The molecule has 2 N–H and O–H groups in total. The van der Waals surface area contributed by atoms with Gasteiger partial charge in [0.2, 0.25) is 11.8 Å². The van der Waals surface area contributed by atoms with Gasteiger partial charge in [0.1, 0.15) is 0 Å². The zero-order valence-corrected chi connectivity index (χ0v) is 22.8. The summed E-state index contributed by atoms with van der Waals surface area (Å²) >= 11 is 0. The van der Waals surface area contributed by atoms with E-state index in [4.69, 9.17) is 9.84 Å². The van der Waals surface area contributed by atoms with Gasteiger partial charge in [-0.3, -0.25) is 9.59 Å². The van der Waals surface area contributed by atoms with Gasteiger partial charge in [-0.1, -0.05) is 75.4 Å². The number of carboxylic acids is 1. The van der Waals surface area contributed by atoms with E-state index in [0.717, 1.165) is 22.3 Å². The summed E-state index contributed by atoms with van der Waals surface area (Å²) in [5, 5.41) is 18.0. The monoisotopic (exact) mass is 539 g/mol. The van der Waals surface area contributed by atoms with Gasteiger partial charge in [0.05, 0.1) is 12.5 Å². The molecule has 8 nitrogen and oxygen atoms in total. The van der Waals surface area contributed by atoms with Gasteiger partial charge in [0, 0.05) is 17.3 Å². The van der Waals surface area contributed by atoms with Crippen LogP contribution >= 0.6 is 0 Å². The minimum atomic E-state index is -1.00. The van der Waals surface area contributed by atoms with Crippen molar-refractivity contribution in [2.45, 2.75) is 39.7 Å². The summed E-state index contributed by atoms with van der Waals surface area (Å²) in [4.78, 5) is 37.0. The van der Waals surface area contributed by atoms with Gasteiger partial charge >= 0.3 is 5.97 Å². The number of carbonyl (C=O) groups excluding carboxylic acids is 2. The fourth-order valence-electron chi connectivity index (χ4n) is 4.64. The Bertz CT molecular complexity index is 1430. The van der Waals surface area contributed by atoms with Crippen molar-refractivity contribution >= 4 is 34.9 Å². The zero-order chi connectivity index (χ0) is 28.6. The van der Waals surface area contributed by atoms with Crippen molar-refractivity contribution < 1.29 is 24.2 Å². The number of hydrazone groups is 1. The summed E-state index contributed by atoms with van der Waals surface area (Å²) in [7, 11) is 0. The number of nitrogens with zero attached hydrogens (tertiary/aromatic N) is 2. The summed E-state index contributed by atoms with van der Waals surface area (Å²) in [6.45, 7) is 6.08. The molecular weight excluding hydrogens is 506 g/mol. The van der Waals surface area contributed by atoms with Crippen molar-refractivity contribution in [3.8, 4) is 0 Å². The lowest BCUT2D eigenvalue weighted by molar-refractivity contribution is -0.136. The van der Waals surface area contributed by atoms with Gasteiger partial charge in [-0.05, 0) is 58.9 Å². The van der Waals surface area contributed by atoms with Crippen LogP contribution in [-0.4, -0.2) is 40.4 Å². The molecule has 0 saturated heterocycles. The first-order chi connectivity index (χ1) is 19.2. The zero-order valence-electron chi connectivity index (χ0n) is 22.8. The fraction of sp³-hybridized carbons (Fsp3) is 0.250. The van der Waals surface area contributed by atoms with E-state index in [-0.39, 0.29) is 30.9 Å². The molecule has 40 heavy (non-hydrogen) atoms. The number of hydrogen-bond donors (Lipinski definition) is 2. The van der Waals surface area contributed by atoms with Gasteiger partial charge in [-0.2, -0.15) is 0 Å². The quantitative estimate of drug-likeness (QED) is 0.323. The number of benzene rings is 3. The summed E-state index contributed by atoms with van der Waals surface area (Å²) in [5.41, 5.74) is 4.57. The van der Waals surface area contributed by atoms with Crippen molar-refractivity contribution in [1.82, 2.24) is 5.01 Å². The van der Waals surface area contributed by atoms with E-state index < -0.39 is 11.9 Å². The minimum absolute atomic E-state index is 0.0194. The van der Waals surface area contributed by atoms with Crippen LogP contribution in [-0.2, 0) is 25.7 Å². The van der Waals surface area contributed by atoms with E-state index in [1.54, 1.807) is 18.2 Å². The Hall–Kier alpha value is -4.72. The van der Waals surface area contributed by atoms with Gasteiger partial charge in [0.15, 0.2) is 6.61 Å². The Morgan fingerprint density at radius 3 is 2.42 bits per heavy atom. The number of allylic oxidation sites excluding steroid dienone is 1. The Morgan fingerprint density at radius 1 is 1.05 bits per heavy atom. The number of hydrogen-bond acceptors (Lipinski definition) is 5. The summed E-state index contributed by atoms with van der Waals surface area (Å²) in [6.07, 6.45) is 1.75. The SMILES string of the molecule is CC/C(=C\C(=O)O)c1cccc(NC(=O)C(c2ccc(CN3N=C(c4ccccc4)OCC3=O)cc2)C(C)C)c1. The highest BCUT2D eigenvalue weighted by Gasteiger charge is 2.26. The van der Waals surface area contributed by atoms with Crippen molar-refractivity contribution in [2.75, 3.05) is 11.9 Å². The highest BCUT2D eigenvalue weighted by Crippen LogP contribution is 2.28. The first kappa shape index (κ1) is 28.3. The van der Waals surface area contributed by atoms with Crippen LogP contribution in [0.1, 0.15) is 55.4 Å². The van der Waals surface area contributed by atoms with Crippen molar-refractivity contribution in [3.63, 3.8) is 0 Å². The van der Waals surface area contributed by atoms with E-state index in [0.29, 0.717) is 23.6 Å². The van der Waals surface area contributed by atoms with Gasteiger partial charge < -0.3 is 15.2 Å². The molecule has 0 radical (unpaired) electrons. The number of carbonyl (C=O) groups is 3. The summed E-state index contributed by atoms with van der Waals surface area (Å²) < 4.78 is 5.53. The molecule has 0 bridgehead atoms. The smallest absolute Gasteiger partial charge is 0.328 e. The van der Waals surface area contributed by atoms with E-state index in [9.17, 15) is 14.4 Å². The molecule has 2 amide bonds. The van der Waals surface area contributed by atoms with Crippen LogP contribution in [0, 0.1) is 5.92 Å². The fourth-order valence-corrected chi connectivity index (χ4v) is 4.64. The number of carboxylic acid groups (broad SMARTS) is 1. The molecule has 1 aliphatic heterocycles. The molecular formula is C32H33N3O5. The molecule has 0 aliphatic carbocycles. The van der Waals surface area contributed by atoms with Gasteiger partial charge in [0.25, 0.3) is 5.91 Å². The highest BCUT2D eigenvalue weighted by molar-refractivity contribution is 5.98. The van der Waals surface area contributed by atoms with Gasteiger partial charge in [-0.25, -0.2) is 9.80 Å². The molecule has 206 valence electrons. The van der Waals surface area contributed by atoms with Crippen molar-refractivity contribution in [1.29, 1.82) is 0 Å². The van der Waals surface area contributed by atoms with E-state index in [1.165, 1.54) is 11.1 Å². The minimum Gasteiger partial charge on any atom is -0.478 e. The average molecular weight is 540 g/mol. The summed E-state index contributed by atoms with van der Waals surface area (Å²) in [5.74, 6) is -1.37. The molecule has 4 rings (SSSR count). The number of amides is 2. The van der Waals surface area contributed by atoms with Crippen LogP contribution in [0.25, 0.3) is 5.57 Å². The van der Waals surface area contributed by atoms with E-state index in [1.807, 2.05) is 81.4 Å². The van der Waals surface area contributed by atoms with Crippen LogP contribution in [0.4, 0.5) is 5.69 Å². The highest BCUT2D eigenvalue weighted by atomic mass is 16.5. The largest absolute Gasteiger partial charge is 0.478 e. The second-order valence-electron chi connectivity index (χ2n) is 9.91. The van der Waals surface area contributed by atoms with Crippen LogP contribution in [0.3, 0.4) is 0 Å². The molecule has 0 fully saturated rings. The number of anilines is 1. The summed E-state index contributed by atoms with van der Waals surface area (Å²) in [6, 6.07) is 24.3. The molecule has 0 spiro atoms. The van der Waals surface area contributed by atoms with Gasteiger partial charge in [-0.15, -0.1) is 5.10 Å². The van der Waals surface area contributed by atoms with Crippen molar-refractivity contribution in [2.24, 2.45) is 11.0 Å². The third-order valence-electron chi connectivity index (χ3n) is 6.65. The number of ether oxygens (including phenoxy) is 1. The second-order valence-corrected chi connectivity index (χ2v) is 9.91. The lowest BCUT2D eigenvalue weighted by atomic mass is 9.87. The Balaban J connectivity index is 1.48. The maximum Gasteiger partial charge on any atom is 0.328 e. The predicted molar refractivity (Wildman–Crippen MR) is 154 cm³/mol. The van der Waals surface area contributed by atoms with Crippen molar-refractivity contribution in [3.05, 3.63) is 107 Å². The molecule has 1 atom stereocenters. The van der Waals surface area contributed by atoms with Crippen LogP contribution in [0.5, 0.6) is 0 Å². The third kappa shape index (κ3) is 7.02. The van der Waals surface area contributed by atoms with E-state index in [2.05, 4.69) is 10.4 Å². The topological polar surface area (TPSA) is 108 Å². The Morgan fingerprint density at radius 2 is 1.77 bits per heavy atom. The maximum atomic E-state index is 13.4. The van der Waals surface area contributed by atoms with Crippen LogP contribution < -0.4 is 5.32 Å². The molecule has 8 heteroatoms. The molecule has 0 saturated carbocycles. The first-order valence-electron chi connectivity index (χ1n) is 13.3. The van der Waals surface area contributed by atoms with E-state index >= 15 is 0 Å². The number of aliphatic carboxylic acids is 1. The molecule has 0 aromatic heterocycles. The first-order valence-corrected chi connectivity index (χ1v) is 13.3. The lowest BCUT2D eigenvalue weighted by Crippen LogP contribution is -2.36. The third-order valence-corrected chi connectivity index (χ3v) is 6.65. The molecule has 3 aromatic rings. The standard InChI is InChI=1S/C32H33N3O5/c1-4-23(18-29(37)38)26-11-8-12-27(17-26)33-31(39)30(21(2)3)24-15-13-22(14-16-24)19-35-28(36)20-40-32(34-35)25-9-6-5-7-10-25/h5-18,21,30H,4,19-20H2,1-3H3,(H,33,39)(H,37,38)/b23-18+. The Labute approximate surface area is 234 Å². The number of rotatable bonds is 10. The van der Waals surface area contributed by atoms with Crippen LogP contribution in [0.2, 0.25) is 0 Å². The second kappa shape index (κ2) is 12.9. The Kier molecular flexibility index (Phi) is 9.11. The number of nitrogens with one attached hydrogen (secondary N) is 1. The molecule has 1 unspecified atom stereocenters. The lowest BCUT2D eigenvalue weighted by Gasteiger charge is -2.24. The average Bonchev–Trinajstić information content (AvgIpc) is 2.94. The molecule has 1 aliphatic rings. The normalized spacial score (nSPS) is 14.4. The molecule has 1 heterocycles. The van der Waals surface area contributed by atoms with Crippen LogP contribution in [0.15, 0.2) is 90.0 Å².